The maximum atomic E-state index is 13.0. The van der Waals surface area contributed by atoms with Gasteiger partial charge in [-0.3, -0.25) is 14.2 Å². The number of nitrogens with zero attached hydrogens (tertiary/aromatic N) is 4. The highest BCUT2D eigenvalue weighted by Crippen LogP contribution is 2.39. The van der Waals surface area contributed by atoms with Crippen molar-refractivity contribution in [3.63, 3.8) is 0 Å². The molecule has 1 unspecified atom stereocenters. The fraction of sp³-hybridized carbons (Fsp3) is 0.172. The number of carbonyl (C=O) groups is 1. The van der Waals surface area contributed by atoms with Crippen molar-refractivity contribution < 1.29 is 15.0 Å². The van der Waals surface area contributed by atoms with Crippen LogP contribution in [0, 0.1) is 0 Å². The van der Waals surface area contributed by atoms with Crippen molar-refractivity contribution in [1.82, 2.24) is 19.1 Å². The highest BCUT2D eigenvalue weighted by molar-refractivity contribution is 6.04. The molecule has 0 spiro atoms. The summed E-state index contributed by atoms with van der Waals surface area (Å²) in [5, 5.41) is 23.6. The number of aliphatic hydroxyl groups excluding tert-OH is 2. The summed E-state index contributed by atoms with van der Waals surface area (Å²) in [4.78, 5) is 34.6. The number of rotatable bonds is 5. The Labute approximate surface area is 223 Å². The molecule has 196 valence electrons. The van der Waals surface area contributed by atoms with E-state index in [9.17, 15) is 19.8 Å². The van der Waals surface area contributed by atoms with Gasteiger partial charge in [0.1, 0.15) is 23.4 Å². The molecule has 10 nitrogen and oxygen atoms in total. The van der Waals surface area contributed by atoms with E-state index in [1.165, 1.54) is 17.0 Å². The average molecular weight is 523 g/mol. The summed E-state index contributed by atoms with van der Waals surface area (Å²) in [5.74, 6) is -0.186. The van der Waals surface area contributed by atoms with Crippen LogP contribution in [0.25, 0.3) is 27.8 Å². The van der Waals surface area contributed by atoms with Gasteiger partial charge in [0.2, 0.25) is 0 Å². The Kier molecular flexibility index (Phi) is 6.18. The van der Waals surface area contributed by atoms with E-state index in [1.807, 2.05) is 41.1 Å². The number of benzene rings is 2. The van der Waals surface area contributed by atoms with E-state index in [2.05, 4.69) is 15.3 Å². The smallest absolute Gasteiger partial charge is 0.267 e. The Bertz CT molecular complexity index is 1720. The summed E-state index contributed by atoms with van der Waals surface area (Å²) >= 11 is 0. The summed E-state index contributed by atoms with van der Waals surface area (Å²) in [6.07, 6.45) is 4.17. The number of fused-ring (bicyclic) bond motifs is 1. The summed E-state index contributed by atoms with van der Waals surface area (Å²) in [5.41, 5.74) is 9.29. The van der Waals surface area contributed by atoms with Gasteiger partial charge in [-0.2, -0.15) is 0 Å². The minimum atomic E-state index is -0.792. The zero-order valence-corrected chi connectivity index (χ0v) is 20.8. The van der Waals surface area contributed by atoms with Gasteiger partial charge in [-0.25, -0.2) is 9.97 Å². The second kappa shape index (κ2) is 9.82. The lowest BCUT2D eigenvalue weighted by Crippen LogP contribution is -2.27. The minimum Gasteiger partial charge on any atom is -0.390 e. The van der Waals surface area contributed by atoms with E-state index in [-0.39, 0.29) is 11.6 Å². The van der Waals surface area contributed by atoms with Gasteiger partial charge in [0.15, 0.2) is 0 Å². The highest BCUT2D eigenvalue weighted by Gasteiger charge is 2.34. The summed E-state index contributed by atoms with van der Waals surface area (Å²) in [6.45, 7) is 0. The van der Waals surface area contributed by atoms with E-state index >= 15 is 0 Å². The molecule has 2 aromatic carbocycles. The van der Waals surface area contributed by atoms with Crippen molar-refractivity contribution >= 4 is 28.4 Å². The van der Waals surface area contributed by atoms with Crippen LogP contribution in [0.2, 0.25) is 0 Å². The van der Waals surface area contributed by atoms with Crippen LogP contribution in [0.4, 0.5) is 11.5 Å². The summed E-state index contributed by atoms with van der Waals surface area (Å²) in [6, 6.07) is 19.3. The predicted octanol–water partition coefficient (Wildman–Crippen LogP) is 3.14. The number of hydrogen-bond acceptors (Lipinski definition) is 7. The van der Waals surface area contributed by atoms with Gasteiger partial charge in [0.05, 0.1) is 17.6 Å². The Morgan fingerprint density at radius 1 is 0.949 bits per heavy atom. The Morgan fingerprint density at radius 2 is 1.67 bits per heavy atom. The molecule has 1 amide bonds. The van der Waals surface area contributed by atoms with Gasteiger partial charge >= 0.3 is 0 Å². The van der Waals surface area contributed by atoms with Gasteiger partial charge < -0.3 is 25.8 Å². The number of pyridine rings is 1. The van der Waals surface area contributed by atoms with Crippen molar-refractivity contribution in [2.75, 3.05) is 11.1 Å². The molecule has 1 aliphatic carbocycles. The number of nitrogens with one attached hydrogen (secondary N) is 1. The number of nitrogen functional groups attached to an aromatic ring is 1. The van der Waals surface area contributed by atoms with Crippen LogP contribution in [0.3, 0.4) is 0 Å². The molecule has 1 saturated carbocycles. The first-order valence-electron chi connectivity index (χ1n) is 12.6. The molecule has 5 N–H and O–H groups in total. The van der Waals surface area contributed by atoms with Crippen LogP contribution in [-0.2, 0) is 0 Å². The lowest BCUT2D eigenvalue weighted by atomic mass is 10.1. The van der Waals surface area contributed by atoms with E-state index in [4.69, 9.17) is 5.73 Å². The molecule has 0 bridgehead atoms. The number of carbonyl (C=O) groups excluding carboxylic acids is 1. The van der Waals surface area contributed by atoms with Crippen molar-refractivity contribution in [2.24, 2.45) is 0 Å². The van der Waals surface area contributed by atoms with Gasteiger partial charge in [0.25, 0.3) is 11.5 Å². The number of nitrogens with two attached hydrogens (primary N) is 1. The number of amides is 1. The molecular weight excluding hydrogens is 496 g/mol. The van der Waals surface area contributed by atoms with Crippen molar-refractivity contribution in [2.45, 2.75) is 31.1 Å². The molecule has 1 aliphatic rings. The first-order chi connectivity index (χ1) is 18.9. The van der Waals surface area contributed by atoms with Gasteiger partial charge in [-0.15, -0.1) is 0 Å². The lowest BCUT2D eigenvalue weighted by Gasteiger charge is -2.12. The third-order valence-electron chi connectivity index (χ3n) is 7.18. The fourth-order valence-electron chi connectivity index (χ4n) is 5.19. The molecule has 39 heavy (non-hydrogen) atoms. The molecule has 3 aromatic heterocycles. The van der Waals surface area contributed by atoms with Crippen molar-refractivity contribution in [3.05, 3.63) is 101 Å². The summed E-state index contributed by atoms with van der Waals surface area (Å²) in [7, 11) is 0. The Balaban J connectivity index is 1.29. The third kappa shape index (κ3) is 4.45. The maximum Gasteiger partial charge on any atom is 0.267 e. The van der Waals surface area contributed by atoms with Crippen molar-refractivity contribution in [3.8, 4) is 16.8 Å². The number of anilines is 2. The van der Waals surface area contributed by atoms with E-state index in [1.54, 1.807) is 36.5 Å². The monoisotopic (exact) mass is 522 g/mol. The average Bonchev–Trinajstić information content (AvgIpc) is 3.50. The van der Waals surface area contributed by atoms with Crippen LogP contribution in [0.5, 0.6) is 0 Å². The third-order valence-corrected chi connectivity index (χ3v) is 7.18. The van der Waals surface area contributed by atoms with E-state index in [0.717, 1.165) is 11.1 Å². The normalized spacial score (nSPS) is 18.9. The molecule has 10 heteroatoms. The van der Waals surface area contributed by atoms with Crippen molar-refractivity contribution in [1.29, 1.82) is 0 Å². The highest BCUT2D eigenvalue weighted by atomic mass is 16.3. The number of hydrogen-bond donors (Lipinski definition) is 4. The van der Waals surface area contributed by atoms with Gasteiger partial charge in [-0.1, -0.05) is 30.3 Å². The molecule has 1 fully saturated rings. The first-order valence-corrected chi connectivity index (χ1v) is 12.6. The molecule has 0 radical (unpaired) electrons. The van der Waals surface area contributed by atoms with Crippen LogP contribution in [0.1, 0.15) is 29.2 Å². The zero-order chi connectivity index (χ0) is 27.1. The lowest BCUT2D eigenvalue weighted by molar-refractivity contribution is 0.0438. The second-order valence-corrected chi connectivity index (χ2v) is 9.63. The summed E-state index contributed by atoms with van der Waals surface area (Å²) < 4.78 is 3.37. The largest absolute Gasteiger partial charge is 0.390 e. The SMILES string of the molecule is Nc1ncnc2c1c(-c1ccc(NC(=O)c3cccn(-c4ccccc4)c3=O)cc1)cn2C1C[C@@H](O)[C@@H](O)C1. The van der Waals surface area contributed by atoms with Gasteiger partial charge in [0, 0.05) is 35.4 Å². The quantitative estimate of drug-likeness (QED) is 0.277. The van der Waals surface area contributed by atoms with Crippen LogP contribution < -0.4 is 16.6 Å². The number of aliphatic hydroxyl groups is 2. The molecule has 0 aliphatic heterocycles. The molecule has 0 saturated heterocycles. The van der Waals surface area contributed by atoms with Crippen LogP contribution in [0.15, 0.2) is 90.2 Å². The molecule has 5 aromatic rings. The number of para-hydroxylation sites is 1. The molecule has 3 heterocycles. The van der Waals surface area contributed by atoms with Gasteiger partial charge in [-0.05, 0) is 54.8 Å². The standard InChI is InChI=1S/C29H26N6O4/c30-26-25-22(15-35(27(25)32-16-31-26)20-13-23(36)24(37)14-20)17-8-10-18(11-9-17)33-28(38)21-7-4-12-34(29(21)39)19-5-2-1-3-6-19/h1-12,15-16,20,23-24,36-37H,13-14H2,(H,33,38)(H2,30,31,32)/t20?,23-,24+. The van der Waals surface area contributed by atoms with E-state index in [0.29, 0.717) is 41.1 Å². The second-order valence-electron chi connectivity index (χ2n) is 9.63. The Hall–Kier alpha value is -4.80. The number of aromatic nitrogens is 4. The maximum absolute atomic E-state index is 13.0. The van der Waals surface area contributed by atoms with Crippen LogP contribution >= 0.6 is 0 Å². The predicted molar refractivity (Wildman–Crippen MR) is 148 cm³/mol. The van der Waals surface area contributed by atoms with Crippen LogP contribution in [-0.4, -0.2) is 47.4 Å². The molecule has 6 rings (SSSR count). The topological polar surface area (TPSA) is 148 Å². The molecular formula is C29H26N6O4. The zero-order valence-electron chi connectivity index (χ0n) is 20.8. The fourth-order valence-corrected chi connectivity index (χ4v) is 5.19. The first kappa shape index (κ1) is 24.5. The Morgan fingerprint density at radius 3 is 2.38 bits per heavy atom. The minimum absolute atomic E-state index is 0.0272. The molecule has 3 atom stereocenters. The van der Waals surface area contributed by atoms with E-state index < -0.39 is 23.7 Å².